The van der Waals surface area contributed by atoms with Gasteiger partial charge in [-0.1, -0.05) is 18.9 Å². The largest absolute Gasteiger partial charge is 0.351 e. The molecule has 0 unspecified atom stereocenters. The fourth-order valence-corrected chi connectivity index (χ4v) is 3.16. The number of nitrogens with zero attached hydrogens (tertiary/aromatic N) is 1. The molecule has 0 aromatic heterocycles. The number of hydrogen-bond acceptors (Lipinski definition) is 3. The predicted octanol–water partition coefficient (Wildman–Crippen LogP) is 3.43. The maximum atomic E-state index is 12.2. The number of amides is 1. The Bertz CT molecular complexity index is 554. The zero-order chi connectivity index (χ0) is 15.5. The zero-order valence-corrected chi connectivity index (χ0v) is 12.8. The second kappa shape index (κ2) is 6.43. The van der Waals surface area contributed by atoms with Gasteiger partial charge in [0.05, 0.1) is 4.92 Å². The van der Waals surface area contributed by atoms with Crippen molar-refractivity contribution in [2.45, 2.75) is 32.6 Å². The Kier molecular flexibility index (Phi) is 4.83. The second-order valence-corrected chi connectivity index (χ2v) is 6.05. The van der Waals surface area contributed by atoms with Gasteiger partial charge in [0.15, 0.2) is 0 Å². The topological polar surface area (TPSA) is 72.2 Å². The summed E-state index contributed by atoms with van der Waals surface area (Å²) in [6.45, 7) is 2.18. The molecule has 1 aliphatic rings. The molecule has 0 spiro atoms. The number of halogens is 1. The summed E-state index contributed by atoms with van der Waals surface area (Å²) in [5.41, 5.74) is 0.809. The van der Waals surface area contributed by atoms with Gasteiger partial charge in [0.25, 0.3) is 11.6 Å². The van der Waals surface area contributed by atoms with Crippen molar-refractivity contribution < 1.29 is 9.72 Å². The van der Waals surface area contributed by atoms with Crippen LogP contribution >= 0.6 is 11.6 Å². The molecule has 1 aromatic rings. The number of nitro benzene ring substituents is 1. The SMILES string of the molecule is Cc1ccc(C(=O)NCC2(CCl)CCCC2)cc1[N+](=O)[O-]. The lowest BCUT2D eigenvalue weighted by molar-refractivity contribution is -0.385. The van der Waals surface area contributed by atoms with Gasteiger partial charge in [-0.15, -0.1) is 11.6 Å². The highest BCUT2D eigenvalue weighted by Crippen LogP contribution is 2.38. The molecule has 1 aromatic carbocycles. The van der Waals surface area contributed by atoms with E-state index in [0.29, 0.717) is 23.6 Å². The Morgan fingerprint density at radius 2 is 2.10 bits per heavy atom. The van der Waals surface area contributed by atoms with Gasteiger partial charge in [0.2, 0.25) is 0 Å². The van der Waals surface area contributed by atoms with Crippen molar-refractivity contribution in [3.63, 3.8) is 0 Å². The van der Waals surface area contributed by atoms with Crippen molar-refractivity contribution in [3.8, 4) is 0 Å². The quantitative estimate of drug-likeness (QED) is 0.514. The molecule has 0 aliphatic heterocycles. The van der Waals surface area contributed by atoms with E-state index in [2.05, 4.69) is 5.32 Å². The standard InChI is InChI=1S/C15H19ClN2O3/c1-11-4-5-12(8-13(11)18(20)21)14(19)17-10-15(9-16)6-2-3-7-15/h4-5,8H,2-3,6-7,9-10H2,1H3,(H,17,19). The monoisotopic (exact) mass is 310 g/mol. The lowest BCUT2D eigenvalue weighted by atomic mass is 9.88. The minimum Gasteiger partial charge on any atom is -0.351 e. The van der Waals surface area contributed by atoms with Gasteiger partial charge in [-0.05, 0) is 25.8 Å². The molecule has 1 saturated carbocycles. The van der Waals surface area contributed by atoms with E-state index in [-0.39, 0.29) is 17.0 Å². The highest BCUT2D eigenvalue weighted by molar-refractivity contribution is 6.18. The number of benzene rings is 1. The van der Waals surface area contributed by atoms with Crippen LogP contribution in [0.5, 0.6) is 0 Å². The minimum atomic E-state index is -0.469. The van der Waals surface area contributed by atoms with Crippen molar-refractivity contribution in [1.82, 2.24) is 5.32 Å². The first kappa shape index (κ1) is 15.8. The van der Waals surface area contributed by atoms with E-state index >= 15 is 0 Å². The Balaban J connectivity index is 2.07. The molecule has 1 amide bonds. The molecule has 0 bridgehead atoms. The zero-order valence-electron chi connectivity index (χ0n) is 12.0. The molecule has 5 nitrogen and oxygen atoms in total. The Morgan fingerprint density at radius 1 is 1.43 bits per heavy atom. The minimum absolute atomic E-state index is 0.0200. The molecule has 1 aliphatic carbocycles. The predicted molar refractivity (Wildman–Crippen MR) is 81.8 cm³/mol. The first-order chi connectivity index (χ1) is 9.97. The van der Waals surface area contributed by atoms with Crippen molar-refractivity contribution in [3.05, 3.63) is 39.4 Å². The number of carbonyl (C=O) groups excluding carboxylic acids is 1. The summed E-state index contributed by atoms with van der Waals surface area (Å²) < 4.78 is 0. The molecule has 2 rings (SSSR count). The number of nitrogens with one attached hydrogen (secondary N) is 1. The van der Waals surface area contributed by atoms with E-state index in [1.165, 1.54) is 6.07 Å². The number of rotatable bonds is 5. The smallest absolute Gasteiger partial charge is 0.273 e. The van der Waals surface area contributed by atoms with Crippen molar-refractivity contribution in [2.75, 3.05) is 12.4 Å². The fraction of sp³-hybridized carbons (Fsp3) is 0.533. The average Bonchev–Trinajstić information content (AvgIpc) is 2.94. The third kappa shape index (κ3) is 3.53. The van der Waals surface area contributed by atoms with Crippen molar-refractivity contribution in [1.29, 1.82) is 0 Å². The second-order valence-electron chi connectivity index (χ2n) is 5.78. The first-order valence-electron chi connectivity index (χ1n) is 7.07. The number of nitro groups is 1. The highest BCUT2D eigenvalue weighted by Gasteiger charge is 2.33. The Hall–Kier alpha value is -1.62. The number of carbonyl (C=O) groups is 1. The number of alkyl halides is 1. The average molecular weight is 311 g/mol. The van der Waals surface area contributed by atoms with Gasteiger partial charge < -0.3 is 5.32 Å². The molecule has 0 atom stereocenters. The molecule has 0 radical (unpaired) electrons. The maximum absolute atomic E-state index is 12.2. The summed E-state index contributed by atoms with van der Waals surface area (Å²) in [5.74, 6) is 0.246. The molecule has 1 N–H and O–H groups in total. The van der Waals surface area contributed by atoms with E-state index in [9.17, 15) is 14.9 Å². The van der Waals surface area contributed by atoms with Crippen LogP contribution in [0, 0.1) is 22.5 Å². The molecule has 0 saturated heterocycles. The molecule has 1 fully saturated rings. The fourth-order valence-electron chi connectivity index (χ4n) is 2.80. The number of hydrogen-bond donors (Lipinski definition) is 1. The van der Waals surface area contributed by atoms with Gasteiger partial charge in [-0.3, -0.25) is 14.9 Å². The van der Waals surface area contributed by atoms with Crippen LogP contribution in [0.4, 0.5) is 5.69 Å². The lowest BCUT2D eigenvalue weighted by Gasteiger charge is -2.26. The van der Waals surface area contributed by atoms with Gasteiger partial charge in [0, 0.05) is 35.0 Å². The molecule has 6 heteroatoms. The summed E-state index contributed by atoms with van der Waals surface area (Å²) in [7, 11) is 0. The van der Waals surface area contributed by atoms with Crippen molar-refractivity contribution in [2.24, 2.45) is 5.41 Å². The molecule has 114 valence electrons. The maximum Gasteiger partial charge on any atom is 0.273 e. The van der Waals surface area contributed by atoms with Crippen LogP contribution in [0.15, 0.2) is 18.2 Å². The third-order valence-electron chi connectivity index (χ3n) is 4.24. The first-order valence-corrected chi connectivity index (χ1v) is 7.60. The van der Waals surface area contributed by atoms with Crippen LogP contribution in [0.1, 0.15) is 41.6 Å². The van der Waals surface area contributed by atoms with Gasteiger partial charge in [0.1, 0.15) is 0 Å². The molecular formula is C15H19ClN2O3. The summed E-state index contributed by atoms with van der Waals surface area (Å²) in [6.07, 6.45) is 4.31. The Labute approximate surface area is 128 Å². The van der Waals surface area contributed by atoms with Gasteiger partial charge in [-0.2, -0.15) is 0 Å². The normalized spacial score (nSPS) is 16.7. The summed E-state index contributed by atoms with van der Waals surface area (Å²) in [4.78, 5) is 22.6. The van der Waals surface area contributed by atoms with Crippen LogP contribution < -0.4 is 5.32 Å². The van der Waals surface area contributed by atoms with Crippen molar-refractivity contribution >= 4 is 23.2 Å². The van der Waals surface area contributed by atoms with Crippen LogP contribution in [-0.2, 0) is 0 Å². The van der Waals surface area contributed by atoms with Gasteiger partial charge >= 0.3 is 0 Å². The van der Waals surface area contributed by atoms with Crippen LogP contribution in [0.2, 0.25) is 0 Å². The number of aryl methyl sites for hydroxylation is 1. The van der Waals surface area contributed by atoms with E-state index in [1.54, 1.807) is 19.1 Å². The summed E-state index contributed by atoms with van der Waals surface area (Å²) in [6, 6.07) is 4.53. The Morgan fingerprint density at radius 3 is 2.67 bits per heavy atom. The van der Waals surface area contributed by atoms with E-state index in [0.717, 1.165) is 25.7 Å². The van der Waals surface area contributed by atoms with Gasteiger partial charge in [-0.25, -0.2) is 0 Å². The van der Waals surface area contributed by atoms with E-state index in [1.807, 2.05) is 0 Å². The summed E-state index contributed by atoms with van der Waals surface area (Å²) >= 11 is 6.04. The summed E-state index contributed by atoms with van der Waals surface area (Å²) in [5, 5.41) is 13.8. The third-order valence-corrected chi connectivity index (χ3v) is 4.81. The highest BCUT2D eigenvalue weighted by atomic mass is 35.5. The van der Waals surface area contributed by atoms with Crippen LogP contribution in [0.3, 0.4) is 0 Å². The van der Waals surface area contributed by atoms with Crippen LogP contribution in [-0.4, -0.2) is 23.3 Å². The lowest BCUT2D eigenvalue weighted by Crippen LogP contribution is -2.37. The van der Waals surface area contributed by atoms with Crippen LogP contribution in [0.25, 0.3) is 0 Å². The van der Waals surface area contributed by atoms with E-state index < -0.39 is 4.92 Å². The molecule has 0 heterocycles. The molecule has 21 heavy (non-hydrogen) atoms. The molecular weight excluding hydrogens is 292 g/mol. The van der Waals surface area contributed by atoms with E-state index in [4.69, 9.17) is 11.6 Å².